The van der Waals surface area contributed by atoms with Gasteiger partial charge in [0, 0.05) is 19.8 Å². The summed E-state index contributed by atoms with van der Waals surface area (Å²) in [7, 11) is -1.55. The molecule has 1 aromatic heterocycles. The first-order valence-electron chi connectivity index (χ1n) is 5.72. The fraction of sp³-hybridized carbons (Fsp3) is 0.385. The molecule has 0 fully saturated rings. The Morgan fingerprint density at radius 2 is 2.21 bits per heavy atom. The van der Waals surface area contributed by atoms with Gasteiger partial charge in [0.1, 0.15) is 0 Å². The Bertz CT molecular complexity index is 643. The number of hydrogen-bond donors (Lipinski definition) is 0. The summed E-state index contributed by atoms with van der Waals surface area (Å²) in [5.41, 5.74) is 1.33. The smallest absolute Gasteiger partial charge is 0.194 e. The molecule has 0 atom stereocenters. The minimum absolute atomic E-state index is 0.0738. The maximum Gasteiger partial charge on any atom is 0.194 e. The van der Waals surface area contributed by atoms with Crippen molar-refractivity contribution in [3.8, 4) is 12.3 Å². The Morgan fingerprint density at radius 1 is 1.58 bits per heavy atom. The van der Waals surface area contributed by atoms with Crippen LogP contribution in [0.25, 0.3) is 0 Å². The normalized spacial score (nSPS) is 11.5. The van der Waals surface area contributed by atoms with Gasteiger partial charge in [0.25, 0.3) is 0 Å². The van der Waals surface area contributed by atoms with Crippen molar-refractivity contribution in [2.75, 3.05) is 19.8 Å². The molecular weight excluding hydrogens is 262 g/mol. The molecule has 5 nitrogen and oxygen atoms in total. The molecule has 1 heterocycles. The third-order valence-electron chi connectivity index (χ3n) is 2.55. The van der Waals surface area contributed by atoms with Crippen molar-refractivity contribution in [1.29, 1.82) is 0 Å². The van der Waals surface area contributed by atoms with Gasteiger partial charge < -0.3 is 4.90 Å². The fourth-order valence-corrected chi connectivity index (χ4v) is 2.15. The van der Waals surface area contributed by atoms with Gasteiger partial charge in [-0.15, -0.1) is 6.42 Å². The van der Waals surface area contributed by atoms with Gasteiger partial charge in [-0.1, -0.05) is 5.92 Å². The summed E-state index contributed by atoms with van der Waals surface area (Å²) in [6, 6.07) is 1.57. The molecule has 0 bridgehead atoms. The van der Waals surface area contributed by atoms with Crippen LogP contribution in [-0.4, -0.2) is 44.5 Å². The summed E-state index contributed by atoms with van der Waals surface area (Å²) < 4.78 is 23.2. The number of rotatable bonds is 4. The van der Waals surface area contributed by atoms with Crippen molar-refractivity contribution in [2.24, 2.45) is 4.99 Å². The van der Waals surface area contributed by atoms with E-state index in [4.69, 9.17) is 6.42 Å². The Labute approximate surface area is 114 Å². The Morgan fingerprint density at radius 3 is 2.68 bits per heavy atom. The van der Waals surface area contributed by atoms with Crippen LogP contribution >= 0.6 is 0 Å². The van der Waals surface area contributed by atoms with Crippen LogP contribution in [0.15, 0.2) is 16.1 Å². The van der Waals surface area contributed by atoms with Crippen molar-refractivity contribution in [2.45, 2.75) is 18.9 Å². The second-order valence-electron chi connectivity index (χ2n) is 4.18. The molecule has 0 saturated carbocycles. The second-order valence-corrected chi connectivity index (χ2v) is 6.11. The minimum Gasteiger partial charge on any atom is -0.366 e. The van der Waals surface area contributed by atoms with Crippen LogP contribution in [0.1, 0.15) is 18.2 Å². The summed E-state index contributed by atoms with van der Waals surface area (Å²) in [5.74, 6) is 2.34. The van der Waals surface area contributed by atoms with E-state index >= 15 is 0 Å². The lowest BCUT2D eigenvalue weighted by Crippen LogP contribution is -2.14. The summed E-state index contributed by atoms with van der Waals surface area (Å²) in [6.07, 6.45) is 8.08. The van der Waals surface area contributed by atoms with Crippen molar-refractivity contribution >= 4 is 21.9 Å². The molecule has 1 rings (SSSR count). The van der Waals surface area contributed by atoms with E-state index in [0.29, 0.717) is 11.4 Å². The molecule has 0 unspecified atom stereocenters. The van der Waals surface area contributed by atoms with Crippen LogP contribution in [0, 0.1) is 19.3 Å². The van der Waals surface area contributed by atoms with Crippen molar-refractivity contribution in [1.82, 2.24) is 9.88 Å². The highest BCUT2D eigenvalue weighted by atomic mass is 32.2. The van der Waals surface area contributed by atoms with Gasteiger partial charge in [0.15, 0.2) is 14.9 Å². The van der Waals surface area contributed by atoms with Crippen LogP contribution in [0.4, 0.5) is 5.69 Å². The molecule has 0 N–H and O–H groups in total. The number of hydrogen-bond acceptors (Lipinski definition) is 4. The third-order valence-corrected chi connectivity index (χ3v) is 3.56. The van der Waals surface area contributed by atoms with E-state index in [-0.39, 0.29) is 10.6 Å². The van der Waals surface area contributed by atoms with Gasteiger partial charge in [-0.25, -0.2) is 18.4 Å². The molecular formula is C13H17N3O2S. The first-order chi connectivity index (χ1) is 8.79. The summed E-state index contributed by atoms with van der Waals surface area (Å²) in [5, 5.41) is -0.0738. The monoisotopic (exact) mass is 279 g/mol. The van der Waals surface area contributed by atoms with Crippen molar-refractivity contribution < 1.29 is 8.42 Å². The lowest BCUT2D eigenvalue weighted by molar-refractivity contribution is 0.552. The second kappa shape index (κ2) is 5.85. The lowest BCUT2D eigenvalue weighted by atomic mass is 10.2. The minimum atomic E-state index is -3.44. The van der Waals surface area contributed by atoms with E-state index in [1.165, 1.54) is 0 Å². The number of pyridine rings is 1. The predicted molar refractivity (Wildman–Crippen MR) is 76.5 cm³/mol. The first kappa shape index (κ1) is 15.2. The number of aromatic nitrogens is 1. The Kier molecular flexibility index (Phi) is 4.67. The zero-order valence-electron chi connectivity index (χ0n) is 11.5. The number of nitrogens with zero attached hydrogens (tertiary/aromatic N) is 3. The zero-order valence-corrected chi connectivity index (χ0v) is 12.3. The van der Waals surface area contributed by atoms with E-state index in [1.807, 2.05) is 18.9 Å². The molecule has 0 amide bonds. The van der Waals surface area contributed by atoms with Crippen LogP contribution < -0.4 is 0 Å². The zero-order chi connectivity index (χ0) is 14.6. The topological polar surface area (TPSA) is 62.6 Å². The highest BCUT2D eigenvalue weighted by Crippen LogP contribution is 2.22. The summed E-state index contributed by atoms with van der Waals surface area (Å²) >= 11 is 0. The van der Waals surface area contributed by atoms with Crippen LogP contribution in [-0.2, 0) is 9.84 Å². The Balaban J connectivity index is 3.34. The number of aliphatic imine (C=N–C) groups is 1. The lowest BCUT2D eigenvalue weighted by Gasteiger charge is -2.10. The molecule has 0 aromatic carbocycles. The van der Waals surface area contributed by atoms with Gasteiger partial charge in [0.05, 0.1) is 23.3 Å². The van der Waals surface area contributed by atoms with Gasteiger partial charge in [-0.3, -0.25) is 0 Å². The molecule has 19 heavy (non-hydrogen) atoms. The number of aryl methyl sites for hydroxylation is 1. The molecule has 0 radical (unpaired) electrons. The number of sulfone groups is 1. The van der Waals surface area contributed by atoms with E-state index in [2.05, 4.69) is 15.9 Å². The van der Waals surface area contributed by atoms with Gasteiger partial charge in [-0.05, 0) is 19.9 Å². The average molecular weight is 279 g/mol. The quantitative estimate of drug-likeness (QED) is 0.474. The molecule has 0 spiro atoms. The average Bonchev–Trinajstić information content (AvgIpc) is 2.35. The van der Waals surface area contributed by atoms with Gasteiger partial charge >= 0.3 is 0 Å². The van der Waals surface area contributed by atoms with E-state index in [9.17, 15) is 8.42 Å². The SMILES string of the molecule is C#Cc1cc(/N=C/N(C)CC)c(C)nc1S(C)(=O)=O. The molecule has 0 aliphatic heterocycles. The fourth-order valence-electron chi connectivity index (χ4n) is 1.33. The molecule has 0 aliphatic carbocycles. The first-order valence-corrected chi connectivity index (χ1v) is 7.61. The predicted octanol–water partition coefficient (Wildman–Crippen LogP) is 1.39. The molecule has 6 heteroatoms. The largest absolute Gasteiger partial charge is 0.366 e. The summed E-state index contributed by atoms with van der Waals surface area (Å²) in [6.45, 7) is 4.52. The van der Waals surface area contributed by atoms with Crippen LogP contribution in [0.5, 0.6) is 0 Å². The maximum absolute atomic E-state index is 11.6. The molecule has 1 aromatic rings. The standard InChI is InChI=1S/C13H17N3O2S/c1-6-11-8-12(14-9-16(4)7-2)10(3)15-13(11)19(5,17)18/h1,8-9H,7H2,2-5H3/b14-9+. The van der Waals surface area contributed by atoms with E-state index < -0.39 is 9.84 Å². The van der Waals surface area contributed by atoms with E-state index in [1.54, 1.807) is 19.3 Å². The van der Waals surface area contributed by atoms with Gasteiger partial charge in [-0.2, -0.15) is 0 Å². The highest BCUT2D eigenvalue weighted by Gasteiger charge is 2.16. The highest BCUT2D eigenvalue weighted by molar-refractivity contribution is 7.90. The van der Waals surface area contributed by atoms with Crippen LogP contribution in [0.3, 0.4) is 0 Å². The number of terminal acetylenes is 1. The van der Waals surface area contributed by atoms with Crippen molar-refractivity contribution in [3.05, 3.63) is 17.3 Å². The van der Waals surface area contributed by atoms with Gasteiger partial charge in [0.2, 0.25) is 0 Å². The summed E-state index contributed by atoms with van der Waals surface area (Å²) in [4.78, 5) is 10.2. The van der Waals surface area contributed by atoms with E-state index in [0.717, 1.165) is 12.8 Å². The van der Waals surface area contributed by atoms with Crippen molar-refractivity contribution in [3.63, 3.8) is 0 Å². The Hall–Kier alpha value is -1.87. The molecule has 0 aliphatic rings. The molecule has 0 saturated heterocycles. The molecule has 102 valence electrons. The third kappa shape index (κ3) is 3.80. The maximum atomic E-state index is 11.6. The van der Waals surface area contributed by atoms with Crippen LogP contribution in [0.2, 0.25) is 0 Å².